The molecule has 2 aromatic rings. The molecule has 0 spiro atoms. The van der Waals surface area contributed by atoms with Gasteiger partial charge in [-0.3, -0.25) is 9.78 Å². The highest BCUT2D eigenvalue weighted by molar-refractivity contribution is 5.95. The van der Waals surface area contributed by atoms with Crippen LogP contribution in [0.5, 0.6) is 0 Å². The molecular weight excluding hydrogens is 262 g/mol. The Balaban J connectivity index is 2.06. The second kappa shape index (κ2) is 7.55. The van der Waals surface area contributed by atoms with E-state index in [0.29, 0.717) is 18.7 Å². The number of carbonyl (C=O) groups excluding carboxylic acids is 1. The van der Waals surface area contributed by atoms with Crippen molar-refractivity contribution in [2.45, 2.75) is 19.8 Å². The SMILES string of the molecule is Cc1ccc(-c2cncc(C(=O)NCCCCN)c2)cc1. The van der Waals surface area contributed by atoms with Gasteiger partial charge in [0.05, 0.1) is 5.56 Å². The second-order valence-electron chi connectivity index (χ2n) is 5.08. The van der Waals surface area contributed by atoms with E-state index in [2.05, 4.69) is 22.4 Å². The molecule has 0 atom stereocenters. The normalized spacial score (nSPS) is 10.4. The molecule has 0 radical (unpaired) electrons. The Bertz CT molecular complexity index is 593. The number of unbranched alkanes of at least 4 members (excludes halogenated alkanes) is 1. The van der Waals surface area contributed by atoms with Crippen LogP contribution in [0.4, 0.5) is 0 Å². The number of nitrogens with one attached hydrogen (secondary N) is 1. The molecule has 0 unspecified atom stereocenters. The zero-order chi connectivity index (χ0) is 15.1. The predicted molar refractivity (Wildman–Crippen MR) is 85.0 cm³/mol. The van der Waals surface area contributed by atoms with E-state index in [1.165, 1.54) is 5.56 Å². The van der Waals surface area contributed by atoms with Crippen LogP contribution in [0.3, 0.4) is 0 Å². The van der Waals surface area contributed by atoms with E-state index in [0.717, 1.165) is 24.0 Å². The van der Waals surface area contributed by atoms with Crippen LogP contribution in [0.25, 0.3) is 11.1 Å². The number of hydrogen-bond acceptors (Lipinski definition) is 3. The monoisotopic (exact) mass is 283 g/mol. The van der Waals surface area contributed by atoms with Gasteiger partial charge in [0.25, 0.3) is 5.91 Å². The van der Waals surface area contributed by atoms with E-state index in [1.54, 1.807) is 12.4 Å². The lowest BCUT2D eigenvalue weighted by molar-refractivity contribution is 0.0952. The average molecular weight is 283 g/mol. The van der Waals surface area contributed by atoms with Gasteiger partial charge in [-0.2, -0.15) is 0 Å². The Morgan fingerprint density at radius 3 is 2.62 bits per heavy atom. The van der Waals surface area contributed by atoms with Crippen molar-refractivity contribution in [1.82, 2.24) is 10.3 Å². The molecule has 0 bridgehead atoms. The molecule has 3 N–H and O–H groups in total. The Morgan fingerprint density at radius 1 is 1.14 bits per heavy atom. The summed E-state index contributed by atoms with van der Waals surface area (Å²) in [6, 6.07) is 10.0. The maximum absolute atomic E-state index is 12.1. The van der Waals surface area contributed by atoms with Crippen LogP contribution < -0.4 is 11.1 Å². The van der Waals surface area contributed by atoms with Gasteiger partial charge in [-0.1, -0.05) is 29.8 Å². The summed E-state index contributed by atoms with van der Waals surface area (Å²) >= 11 is 0. The molecule has 0 aliphatic carbocycles. The molecule has 1 heterocycles. The van der Waals surface area contributed by atoms with E-state index >= 15 is 0 Å². The van der Waals surface area contributed by atoms with Gasteiger partial charge in [-0.05, 0) is 37.9 Å². The molecule has 0 saturated carbocycles. The number of amides is 1. The summed E-state index contributed by atoms with van der Waals surface area (Å²) in [5, 5.41) is 2.89. The van der Waals surface area contributed by atoms with Crippen molar-refractivity contribution in [1.29, 1.82) is 0 Å². The third kappa shape index (κ3) is 4.39. The zero-order valence-electron chi connectivity index (χ0n) is 12.3. The number of pyridine rings is 1. The van der Waals surface area contributed by atoms with E-state index < -0.39 is 0 Å². The van der Waals surface area contributed by atoms with E-state index in [9.17, 15) is 4.79 Å². The van der Waals surface area contributed by atoms with Gasteiger partial charge in [0, 0.05) is 24.5 Å². The van der Waals surface area contributed by atoms with E-state index in [4.69, 9.17) is 5.73 Å². The van der Waals surface area contributed by atoms with Gasteiger partial charge in [0.2, 0.25) is 0 Å². The highest BCUT2D eigenvalue weighted by atomic mass is 16.1. The number of carbonyl (C=O) groups is 1. The fourth-order valence-corrected chi connectivity index (χ4v) is 2.04. The standard InChI is InChI=1S/C17H21N3O/c1-13-4-6-14(7-5-13)15-10-16(12-19-11-15)17(21)20-9-3-2-8-18/h4-7,10-12H,2-3,8-9,18H2,1H3,(H,20,21). The number of aromatic nitrogens is 1. The first-order valence-corrected chi connectivity index (χ1v) is 7.21. The molecule has 0 aliphatic rings. The molecule has 1 aromatic heterocycles. The molecule has 2 rings (SSSR count). The van der Waals surface area contributed by atoms with Crippen LogP contribution in [-0.4, -0.2) is 24.0 Å². The third-order valence-corrected chi connectivity index (χ3v) is 3.30. The highest BCUT2D eigenvalue weighted by Gasteiger charge is 2.07. The van der Waals surface area contributed by atoms with Crippen LogP contribution in [0, 0.1) is 6.92 Å². The molecule has 0 fully saturated rings. The number of nitrogens with zero attached hydrogens (tertiary/aromatic N) is 1. The fourth-order valence-electron chi connectivity index (χ4n) is 2.04. The van der Waals surface area contributed by atoms with Gasteiger partial charge in [-0.15, -0.1) is 0 Å². The smallest absolute Gasteiger partial charge is 0.252 e. The highest BCUT2D eigenvalue weighted by Crippen LogP contribution is 2.19. The van der Waals surface area contributed by atoms with Gasteiger partial charge in [-0.25, -0.2) is 0 Å². The molecule has 4 heteroatoms. The lowest BCUT2D eigenvalue weighted by Gasteiger charge is -2.07. The predicted octanol–water partition coefficient (Wildman–Crippen LogP) is 2.53. The minimum absolute atomic E-state index is 0.0894. The van der Waals surface area contributed by atoms with Gasteiger partial charge in [0.1, 0.15) is 0 Å². The fraction of sp³-hybridized carbons (Fsp3) is 0.294. The first-order chi connectivity index (χ1) is 10.2. The maximum Gasteiger partial charge on any atom is 0.252 e. The van der Waals surface area contributed by atoms with Crippen LogP contribution in [0.2, 0.25) is 0 Å². The van der Waals surface area contributed by atoms with Crippen molar-refractivity contribution in [2.75, 3.05) is 13.1 Å². The van der Waals surface area contributed by atoms with Crippen molar-refractivity contribution in [3.63, 3.8) is 0 Å². The Labute approximate surface area is 125 Å². The van der Waals surface area contributed by atoms with Gasteiger partial charge < -0.3 is 11.1 Å². The van der Waals surface area contributed by atoms with E-state index in [1.807, 2.05) is 25.1 Å². The van der Waals surface area contributed by atoms with Crippen LogP contribution in [0.15, 0.2) is 42.7 Å². The summed E-state index contributed by atoms with van der Waals surface area (Å²) in [4.78, 5) is 16.2. The molecule has 110 valence electrons. The van der Waals surface area contributed by atoms with Gasteiger partial charge >= 0.3 is 0 Å². The Morgan fingerprint density at radius 2 is 1.90 bits per heavy atom. The number of benzene rings is 1. The molecule has 4 nitrogen and oxygen atoms in total. The summed E-state index contributed by atoms with van der Waals surface area (Å²) in [6.07, 6.45) is 5.18. The minimum atomic E-state index is -0.0894. The quantitative estimate of drug-likeness (QED) is 0.800. The molecular formula is C17H21N3O. The number of hydrogen-bond donors (Lipinski definition) is 2. The third-order valence-electron chi connectivity index (χ3n) is 3.30. The average Bonchev–Trinajstić information content (AvgIpc) is 2.52. The van der Waals surface area contributed by atoms with Crippen LogP contribution in [0.1, 0.15) is 28.8 Å². The first kappa shape index (κ1) is 15.2. The second-order valence-corrected chi connectivity index (χ2v) is 5.08. The van der Waals surface area contributed by atoms with Crippen molar-refractivity contribution in [3.8, 4) is 11.1 Å². The van der Waals surface area contributed by atoms with Crippen molar-refractivity contribution in [3.05, 3.63) is 53.9 Å². The number of aryl methyl sites for hydroxylation is 1. The molecule has 21 heavy (non-hydrogen) atoms. The summed E-state index contributed by atoms with van der Waals surface area (Å²) in [5.74, 6) is -0.0894. The minimum Gasteiger partial charge on any atom is -0.352 e. The summed E-state index contributed by atoms with van der Waals surface area (Å²) < 4.78 is 0. The first-order valence-electron chi connectivity index (χ1n) is 7.21. The molecule has 0 aliphatic heterocycles. The van der Waals surface area contributed by atoms with Crippen molar-refractivity contribution < 1.29 is 4.79 Å². The van der Waals surface area contributed by atoms with E-state index in [-0.39, 0.29) is 5.91 Å². The largest absolute Gasteiger partial charge is 0.352 e. The van der Waals surface area contributed by atoms with Crippen LogP contribution in [-0.2, 0) is 0 Å². The summed E-state index contributed by atoms with van der Waals surface area (Å²) in [6.45, 7) is 3.35. The topological polar surface area (TPSA) is 68.0 Å². The lowest BCUT2D eigenvalue weighted by Crippen LogP contribution is -2.25. The molecule has 1 amide bonds. The van der Waals surface area contributed by atoms with Gasteiger partial charge in [0.15, 0.2) is 0 Å². The van der Waals surface area contributed by atoms with Crippen LogP contribution >= 0.6 is 0 Å². The zero-order valence-corrected chi connectivity index (χ0v) is 12.3. The van der Waals surface area contributed by atoms with Crippen molar-refractivity contribution >= 4 is 5.91 Å². The maximum atomic E-state index is 12.1. The number of rotatable bonds is 6. The Hall–Kier alpha value is -2.20. The number of nitrogens with two attached hydrogens (primary N) is 1. The molecule has 1 aromatic carbocycles. The lowest BCUT2D eigenvalue weighted by atomic mass is 10.0. The summed E-state index contributed by atoms with van der Waals surface area (Å²) in [5.41, 5.74) is 9.23. The Kier molecular flexibility index (Phi) is 5.46. The molecule has 0 saturated heterocycles. The summed E-state index contributed by atoms with van der Waals surface area (Å²) in [7, 11) is 0. The van der Waals surface area contributed by atoms with Crippen molar-refractivity contribution in [2.24, 2.45) is 5.73 Å².